The molecule has 1 fully saturated rings. The molecule has 4 nitrogen and oxygen atoms in total. The fraction of sp³-hybridized carbons (Fsp3) is 0.375. The van der Waals surface area contributed by atoms with E-state index in [1.54, 1.807) is 4.57 Å². The Morgan fingerprint density at radius 1 is 1.35 bits per heavy atom. The van der Waals surface area contributed by atoms with E-state index in [1.165, 1.54) is 0 Å². The van der Waals surface area contributed by atoms with Crippen molar-refractivity contribution in [3.63, 3.8) is 0 Å². The summed E-state index contributed by atoms with van der Waals surface area (Å²) in [6, 6.07) is 7.79. The minimum atomic E-state index is -0.168. The van der Waals surface area contributed by atoms with E-state index in [9.17, 15) is 9.59 Å². The second-order valence-electron chi connectivity index (χ2n) is 5.39. The average Bonchev–Trinajstić information content (AvgIpc) is 3.24. The Morgan fingerprint density at radius 2 is 2.10 bits per heavy atom. The van der Waals surface area contributed by atoms with Crippen LogP contribution in [0.3, 0.4) is 0 Å². The van der Waals surface area contributed by atoms with Gasteiger partial charge in [-0.2, -0.15) is 0 Å². The maximum atomic E-state index is 12.7. The molecule has 1 heterocycles. The van der Waals surface area contributed by atoms with Gasteiger partial charge in [0.25, 0.3) is 11.5 Å². The predicted molar refractivity (Wildman–Crippen MR) is 79.2 cm³/mol. The monoisotopic (exact) mass is 270 g/mol. The number of benzene rings is 1. The number of hydrogen-bond donors (Lipinski definition) is 1. The van der Waals surface area contributed by atoms with E-state index in [-0.39, 0.29) is 17.5 Å². The van der Waals surface area contributed by atoms with Crippen molar-refractivity contribution >= 4 is 16.7 Å². The number of pyridine rings is 1. The van der Waals surface area contributed by atoms with Gasteiger partial charge in [-0.25, -0.2) is 0 Å². The van der Waals surface area contributed by atoms with Crippen molar-refractivity contribution in [2.24, 2.45) is 0 Å². The quantitative estimate of drug-likeness (QED) is 0.931. The Balaban J connectivity index is 2.28. The van der Waals surface area contributed by atoms with Gasteiger partial charge in [-0.05, 0) is 44.2 Å². The number of hydrogen-bond acceptors (Lipinski definition) is 2. The van der Waals surface area contributed by atoms with Crippen molar-refractivity contribution in [3.05, 3.63) is 45.9 Å². The van der Waals surface area contributed by atoms with Crippen molar-refractivity contribution in [2.75, 3.05) is 6.54 Å². The van der Waals surface area contributed by atoms with Crippen molar-refractivity contribution in [1.82, 2.24) is 9.88 Å². The number of aromatic nitrogens is 1. The van der Waals surface area contributed by atoms with Crippen molar-refractivity contribution in [1.29, 1.82) is 0 Å². The van der Waals surface area contributed by atoms with Crippen molar-refractivity contribution in [2.45, 2.75) is 32.7 Å². The summed E-state index contributed by atoms with van der Waals surface area (Å²) >= 11 is 0. The molecule has 1 saturated carbocycles. The van der Waals surface area contributed by atoms with Gasteiger partial charge in [-0.1, -0.05) is 17.7 Å². The molecule has 1 N–H and O–H groups in total. The van der Waals surface area contributed by atoms with Crippen molar-refractivity contribution < 1.29 is 4.79 Å². The van der Waals surface area contributed by atoms with Crippen LogP contribution in [-0.2, 0) is 0 Å². The third kappa shape index (κ3) is 2.11. The summed E-state index contributed by atoms with van der Waals surface area (Å²) < 4.78 is 1.67. The van der Waals surface area contributed by atoms with Crippen LogP contribution in [0.15, 0.2) is 29.1 Å². The van der Waals surface area contributed by atoms with E-state index >= 15 is 0 Å². The van der Waals surface area contributed by atoms with Gasteiger partial charge in [0.1, 0.15) is 5.69 Å². The lowest BCUT2D eigenvalue weighted by Crippen LogP contribution is -2.32. The van der Waals surface area contributed by atoms with E-state index in [0.717, 1.165) is 23.8 Å². The second-order valence-corrected chi connectivity index (χ2v) is 5.39. The largest absolute Gasteiger partial charge is 0.351 e. The minimum absolute atomic E-state index is 0.0463. The minimum Gasteiger partial charge on any atom is -0.351 e. The highest BCUT2D eigenvalue weighted by Gasteiger charge is 2.29. The Kier molecular flexibility index (Phi) is 3.08. The molecular formula is C16H18N2O2. The average molecular weight is 270 g/mol. The summed E-state index contributed by atoms with van der Waals surface area (Å²) in [7, 11) is 0. The first-order valence-corrected chi connectivity index (χ1v) is 7.06. The maximum Gasteiger partial charge on any atom is 0.268 e. The molecule has 0 bridgehead atoms. The fourth-order valence-electron chi connectivity index (χ4n) is 2.56. The Bertz CT molecular complexity index is 742. The first-order valence-electron chi connectivity index (χ1n) is 7.06. The van der Waals surface area contributed by atoms with Gasteiger partial charge in [0.05, 0.1) is 0 Å². The molecule has 0 saturated heterocycles. The number of nitrogens with one attached hydrogen (secondary N) is 1. The van der Waals surface area contributed by atoms with E-state index in [0.29, 0.717) is 17.6 Å². The van der Waals surface area contributed by atoms with Gasteiger partial charge in [-0.15, -0.1) is 0 Å². The maximum absolute atomic E-state index is 12.7. The number of carbonyl (C=O) groups excluding carboxylic acids is 1. The molecule has 0 spiro atoms. The summed E-state index contributed by atoms with van der Waals surface area (Å²) in [5.74, 6) is -0.168. The van der Waals surface area contributed by atoms with Gasteiger partial charge >= 0.3 is 0 Å². The van der Waals surface area contributed by atoms with Crippen LogP contribution in [-0.4, -0.2) is 17.0 Å². The molecule has 104 valence electrons. The molecule has 0 atom stereocenters. The predicted octanol–water partition coefficient (Wildman–Crippen LogP) is 2.39. The molecule has 1 amide bonds. The van der Waals surface area contributed by atoms with E-state index in [1.807, 2.05) is 38.1 Å². The molecule has 0 radical (unpaired) electrons. The standard InChI is InChI=1S/C16H18N2O2/c1-3-17-15(19)14-9-11-5-4-10(2)8-13(11)16(20)18(14)12-6-7-12/h4-5,8-9,12H,3,6-7H2,1-2H3,(H,17,19). The highest BCUT2D eigenvalue weighted by Crippen LogP contribution is 2.35. The zero-order valence-electron chi connectivity index (χ0n) is 11.8. The molecule has 1 aromatic carbocycles. The van der Waals surface area contributed by atoms with E-state index in [2.05, 4.69) is 5.32 Å². The topological polar surface area (TPSA) is 51.1 Å². The third-order valence-corrected chi connectivity index (χ3v) is 3.69. The molecule has 1 aliphatic rings. The highest BCUT2D eigenvalue weighted by atomic mass is 16.2. The van der Waals surface area contributed by atoms with Gasteiger partial charge in [0.15, 0.2) is 0 Å². The SMILES string of the molecule is CCNC(=O)c1cc2ccc(C)cc2c(=O)n1C1CC1. The molecule has 4 heteroatoms. The zero-order valence-corrected chi connectivity index (χ0v) is 11.8. The van der Waals surface area contributed by atoms with Gasteiger partial charge in [-0.3, -0.25) is 9.59 Å². The number of nitrogens with zero attached hydrogens (tertiary/aromatic N) is 1. The Labute approximate surface area is 117 Å². The highest BCUT2D eigenvalue weighted by molar-refractivity contribution is 5.96. The fourth-order valence-corrected chi connectivity index (χ4v) is 2.56. The molecular weight excluding hydrogens is 252 g/mol. The molecule has 1 aromatic heterocycles. The molecule has 3 rings (SSSR count). The van der Waals surface area contributed by atoms with Gasteiger partial charge < -0.3 is 9.88 Å². The van der Waals surface area contributed by atoms with Crippen LogP contribution in [0, 0.1) is 6.92 Å². The van der Waals surface area contributed by atoms with Crippen LogP contribution in [0.4, 0.5) is 0 Å². The molecule has 0 aliphatic heterocycles. The van der Waals surface area contributed by atoms with E-state index < -0.39 is 0 Å². The lowest BCUT2D eigenvalue weighted by molar-refractivity contribution is 0.0945. The normalized spacial score (nSPS) is 14.5. The molecule has 2 aromatic rings. The first kappa shape index (κ1) is 12.9. The summed E-state index contributed by atoms with van der Waals surface area (Å²) in [6.07, 6.45) is 1.95. The van der Waals surface area contributed by atoms with Gasteiger partial charge in [0, 0.05) is 18.0 Å². The van der Waals surface area contributed by atoms with Crippen LogP contribution < -0.4 is 10.9 Å². The number of rotatable bonds is 3. The Morgan fingerprint density at radius 3 is 2.75 bits per heavy atom. The zero-order chi connectivity index (χ0) is 14.3. The summed E-state index contributed by atoms with van der Waals surface area (Å²) in [4.78, 5) is 24.9. The second kappa shape index (κ2) is 4.78. The summed E-state index contributed by atoms with van der Waals surface area (Å²) in [6.45, 7) is 4.41. The summed E-state index contributed by atoms with van der Waals surface area (Å²) in [5.41, 5.74) is 1.49. The number of aryl methyl sites for hydroxylation is 1. The molecule has 20 heavy (non-hydrogen) atoms. The van der Waals surface area contributed by atoms with Crippen LogP contribution in [0.5, 0.6) is 0 Å². The summed E-state index contributed by atoms with van der Waals surface area (Å²) in [5, 5.41) is 4.32. The lowest BCUT2D eigenvalue weighted by Gasteiger charge is -2.13. The Hall–Kier alpha value is -2.10. The molecule has 0 unspecified atom stereocenters. The van der Waals surface area contributed by atoms with Crippen LogP contribution in [0.1, 0.15) is 41.9 Å². The first-order chi connectivity index (χ1) is 9.61. The smallest absolute Gasteiger partial charge is 0.268 e. The van der Waals surface area contributed by atoms with Crippen LogP contribution >= 0.6 is 0 Å². The number of fused-ring (bicyclic) bond motifs is 1. The molecule has 1 aliphatic carbocycles. The lowest BCUT2D eigenvalue weighted by atomic mass is 10.1. The third-order valence-electron chi connectivity index (χ3n) is 3.69. The van der Waals surface area contributed by atoms with Crippen LogP contribution in [0.25, 0.3) is 10.8 Å². The number of carbonyl (C=O) groups is 1. The van der Waals surface area contributed by atoms with Gasteiger partial charge in [0.2, 0.25) is 0 Å². The number of amides is 1. The van der Waals surface area contributed by atoms with E-state index in [4.69, 9.17) is 0 Å². The van der Waals surface area contributed by atoms with Crippen LogP contribution in [0.2, 0.25) is 0 Å². The van der Waals surface area contributed by atoms with Crippen molar-refractivity contribution in [3.8, 4) is 0 Å².